The second-order valence-corrected chi connectivity index (χ2v) is 3.62. The van der Waals surface area contributed by atoms with Crippen LogP contribution in [0.2, 0.25) is 0 Å². The highest BCUT2D eigenvalue weighted by molar-refractivity contribution is 4.82. The zero-order valence-corrected chi connectivity index (χ0v) is 8.58. The van der Waals surface area contributed by atoms with Crippen molar-refractivity contribution < 1.29 is 24.8 Å². The van der Waals surface area contributed by atoms with Gasteiger partial charge in [-0.3, -0.25) is 0 Å². The zero-order chi connectivity index (χ0) is 11.3. The molecule has 0 aromatic carbocycles. The van der Waals surface area contributed by atoms with Crippen molar-refractivity contribution in [3.05, 3.63) is 0 Å². The summed E-state index contributed by atoms with van der Waals surface area (Å²) < 4.78 is 10.3. The Hall–Kier alpha value is -0.240. The Labute approximate surface area is 88.6 Å². The Morgan fingerprint density at radius 3 is 2.60 bits per heavy atom. The normalized spacial score (nSPS) is 36.8. The van der Waals surface area contributed by atoms with Crippen LogP contribution in [0.5, 0.6) is 0 Å². The molecule has 1 aliphatic heterocycles. The first-order valence-electron chi connectivity index (χ1n) is 5.14. The van der Waals surface area contributed by atoms with Crippen LogP contribution < -0.4 is 5.73 Å². The summed E-state index contributed by atoms with van der Waals surface area (Å²) in [6.45, 7) is 0.986. The van der Waals surface area contributed by atoms with Gasteiger partial charge in [0, 0.05) is 6.61 Å². The number of nitrogens with two attached hydrogens (primary N) is 1. The molecule has 6 nitrogen and oxygen atoms in total. The third-order valence-corrected chi connectivity index (χ3v) is 2.33. The average molecular weight is 221 g/mol. The van der Waals surface area contributed by atoms with E-state index in [1.807, 2.05) is 0 Å². The summed E-state index contributed by atoms with van der Waals surface area (Å²) in [5, 5.41) is 28.0. The first-order valence-corrected chi connectivity index (χ1v) is 5.14. The molecule has 1 saturated heterocycles. The highest BCUT2D eigenvalue weighted by Gasteiger charge is 2.37. The fourth-order valence-corrected chi connectivity index (χ4v) is 1.37. The lowest BCUT2D eigenvalue weighted by Crippen LogP contribution is -2.53. The van der Waals surface area contributed by atoms with E-state index in [9.17, 15) is 10.2 Å². The summed E-state index contributed by atoms with van der Waals surface area (Å²) >= 11 is 0. The summed E-state index contributed by atoms with van der Waals surface area (Å²) in [4.78, 5) is 0. The number of hydrogen-bond donors (Lipinski definition) is 4. The van der Waals surface area contributed by atoms with E-state index < -0.39 is 24.6 Å². The van der Waals surface area contributed by atoms with E-state index in [4.69, 9.17) is 20.3 Å². The van der Waals surface area contributed by atoms with Gasteiger partial charge < -0.3 is 30.5 Å². The van der Waals surface area contributed by atoms with Crippen LogP contribution in [0, 0.1) is 0 Å². The lowest BCUT2D eigenvalue weighted by molar-refractivity contribution is -0.269. The fourth-order valence-electron chi connectivity index (χ4n) is 1.37. The van der Waals surface area contributed by atoms with Crippen molar-refractivity contribution in [1.82, 2.24) is 0 Å². The smallest absolute Gasteiger partial charge is 0.186 e. The van der Waals surface area contributed by atoms with Crippen LogP contribution in [0.1, 0.15) is 12.8 Å². The van der Waals surface area contributed by atoms with Gasteiger partial charge in [-0.05, 0) is 19.4 Å². The van der Waals surface area contributed by atoms with Gasteiger partial charge in [-0.25, -0.2) is 0 Å². The highest BCUT2D eigenvalue weighted by atomic mass is 16.7. The Bertz CT molecular complexity index is 180. The van der Waals surface area contributed by atoms with E-state index in [0.29, 0.717) is 13.2 Å². The second-order valence-electron chi connectivity index (χ2n) is 3.62. The highest BCUT2D eigenvalue weighted by Crippen LogP contribution is 2.16. The van der Waals surface area contributed by atoms with Gasteiger partial charge in [0.2, 0.25) is 0 Å². The largest absolute Gasteiger partial charge is 0.388 e. The van der Waals surface area contributed by atoms with Gasteiger partial charge in [0.05, 0.1) is 6.61 Å². The molecule has 0 bridgehead atoms. The molecule has 1 heterocycles. The maximum absolute atomic E-state index is 9.48. The van der Waals surface area contributed by atoms with Crippen LogP contribution in [0.3, 0.4) is 0 Å². The molecule has 4 atom stereocenters. The van der Waals surface area contributed by atoms with Crippen molar-refractivity contribution in [2.24, 2.45) is 5.73 Å². The molecule has 0 radical (unpaired) electrons. The quantitative estimate of drug-likeness (QED) is 0.407. The lowest BCUT2D eigenvalue weighted by atomic mass is 10.1. The van der Waals surface area contributed by atoms with Gasteiger partial charge in [0.15, 0.2) is 6.29 Å². The van der Waals surface area contributed by atoms with E-state index in [2.05, 4.69) is 0 Å². The molecule has 15 heavy (non-hydrogen) atoms. The summed E-state index contributed by atoms with van der Waals surface area (Å²) in [7, 11) is 0. The van der Waals surface area contributed by atoms with Crippen LogP contribution in [0.15, 0.2) is 0 Å². The standard InChI is InChI=1S/C9H19NO5/c10-3-1-2-4-14-9-8(13)7(12)6(11)5-15-9/h6-9,11-13H,1-5,10H2/t6-,7+,8-,9-/m1/s1. The predicted molar refractivity (Wildman–Crippen MR) is 52.0 cm³/mol. The minimum absolute atomic E-state index is 0.0280. The van der Waals surface area contributed by atoms with E-state index in [0.717, 1.165) is 12.8 Å². The number of hydrogen-bond acceptors (Lipinski definition) is 6. The number of aliphatic hydroxyl groups is 3. The fraction of sp³-hybridized carbons (Fsp3) is 1.00. The molecule has 6 heteroatoms. The average Bonchev–Trinajstić information content (AvgIpc) is 2.24. The minimum Gasteiger partial charge on any atom is -0.388 e. The minimum atomic E-state index is -1.21. The molecule has 5 N–H and O–H groups in total. The van der Waals surface area contributed by atoms with Crippen molar-refractivity contribution in [2.75, 3.05) is 19.8 Å². The van der Waals surface area contributed by atoms with Gasteiger partial charge in [-0.2, -0.15) is 0 Å². The van der Waals surface area contributed by atoms with Gasteiger partial charge in [0.1, 0.15) is 18.3 Å². The third-order valence-electron chi connectivity index (χ3n) is 2.33. The summed E-state index contributed by atoms with van der Waals surface area (Å²) in [6.07, 6.45) is -2.70. The van der Waals surface area contributed by atoms with Crippen molar-refractivity contribution in [1.29, 1.82) is 0 Å². The molecule has 0 unspecified atom stereocenters. The van der Waals surface area contributed by atoms with Crippen molar-refractivity contribution in [3.8, 4) is 0 Å². The first kappa shape index (κ1) is 12.8. The summed E-state index contributed by atoms with van der Waals surface area (Å²) in [5.41, 5.74) is 5.31. The van der Waals surface area contributed by atoms with E-state index in [1.54, 1.807) is 0 Å². The van der Waals surface area contributed by atoms with Gasteiger partial charge in [-0.1, -0.05) is 0 Å². The molecule has 0 aromatic rings. The molecule has 0 spiro atoms. The predicted octanol–water partition coefficient (Wildman–Crippen LogP) is -1.82. The van der Waals surface area contributed by atoms with Gasteiger partial charge >= 0.3 is 0 Å². The van der Waals surface area contributed by atoms with Gasteiger partial charge in [-0.15, -0.1) is 0 Å². The maximum atomic E-state index is 9.48. The molecule has 1 fully saturated rings. The lowest BCUT2D eigenvalue weighted by Gasteiger charge is -2.34. The maximum Gasteiger partial charge on any atom is 0.186 e. The first-order chi connectivity index (χ1) is 7.16. The number of ether oxygens (including phenoxy) is 2. The zero-order valence-electron chi connectivity index (χ0n) is 8.58. The van der Waals surface area contributed by atoms with Crippen LogP contribution in [0.4, 0.5) is 0 Å². The van der Waals surface area contributed by atoms with Crippen LogP contribution in [-0.4, -0.2) is 59.7 Å². The number of rotatable bonds is 5. The second kappa shape index (κ2) is 6.37. The molecular formula is C9H19NO5. The Kier molecular flexibility index (Phi) is 5.44. The SMILES string of the molecule is NCCCCO[C@@H]1OC[C@@H](O)[C@H](O)[C@H]1O. The van der Waals surface area contributed by atoms with Crippen LogP contribution in [-0.2, 0) is 9.47 Å². The molecule has 90 valence electrons. The summed E-state index contributed by atoms with van der Waals surface area (Å²) in [5.74, 6) is 0. The molecule has 0 aliphatic carbocycles. The Morgan fingerprint density at radius 1 is 1.20 bits per heavy atom. The Morgan fingerprint density at radius 2 is 1.93 bits per heavy atom. The Balaban J connectivity index is 2.23. The molecular weight excluding hydrogens is 202 g/mol. The van der Waals surface area contributed by atoms with Crippen molar-refractivity contribution in [3.63, 3.8) is 0 Å². The monoisotopic (exact) mass is 221 g/mol. The number of aliphatic hydroxyl groups excluding tert-OH is 3. The molecule has 1 aliphatic rings. The topological polar surface area (TPSA) is 105 Å². The van der Waals surface area contributed by atoms with Gasteiger partial charge in [0.25, 0.3) is 0 Å². The van der Waals surface area contributed by atoms with E-state index >= 15 is 0 Å². The third kappa shape index (κ3) is 3.67. The molecule has 0 amide bonds. The van der Waals surface area contributed by atoms with E-state index in [-0.39, 0.29) is 6.61 Å². The van der Waals surface area contributed by atoms with Crippen LogP contribution in [0.25, 0.3) is 0 Å². The van der Waals surface area contributed by atoms with Crippen LogP contribution >= 0.6 is 0 Å². The van der Waals surface area contributed by atoms with Crippen molar-refractivity contribution >= 4 is 0 Å². The number of unbranched alkanes of at least 4 members (excludes halogenated alkanes) is 1. The molecule has 1 rings (SSSR count). The molecule has 0 aromatic heterocycles. The molecule has 0 saturated carbocycles. The van der Waals surface area contributed by atoms with E-state index in [1.165, 1.54) is 0 Å². The van der Waals surface area contributed by atoms with Crippen molar-refractivity contribution in [2.45, 2.75) is 37.4 Å². The summed E-state index contributed by atoms with van der Waals surface area (Å²) in [6, 6.07) is 0.